The molecule has 0 aliphatic heterocycles. The molecule has 0 saturated heterocycles. The highest BCUT2D eigenvalue weighted by Crippen LogP contribution is 2.45. The predicted molar refractivity (Wildman–Crippen MR) is 454 cm³/mol. The molecule has 0 heterocycles. The molecule has 0 amide bonds. The Morgan fingerprint density at radius 3 is 0.818 bits per heavy atom. The summed E-state index contributed by atoms with van der Waals surface area (Å²) in [5.74, 6) is -2.42. The molecule has 0 aliphatic carbocycles. The van der Waals surface area contributed by atoms with Gasteiger partial charge < -0.3 is 33.8 Å². The summed E-state index contributed by atoms with van der Waals surface area (Å²) in [6.07, 6.45) is 100. The van der Waals surface area contributed by atoms with Crippen LogP contribution in [0.5, 0.6) is 0 Å². The van der Waals surface area contributed by atoms with E-state index in [4.69, 9.17) is 37.0 Å². The van der Waals surface area contributed by atoms with Gasteiger partial charge in [-0.05, 0) is 148 Å². The molecule has 0 saturated carbocycles. The third kappa shape index (κ3) is 80.0. The fourth-order valence-corrected chi connectivity index (χ4v) is 11.9. The lowest BCUT2D eigenvalue weighted by molar-refractivity contribution is -0.161. The SMILES string of the molecule is CC/C=C\C/C=C\C/C=C\C/C=C\C/C=C\C/C=C\CCC(=O)O[C@H](COC(=O)CCCCC/C=C\C/C=C\C/C=C\C/C=C\C/C=C\CC)COP(=O)(O)OC[C@@H](O)COP(=O)(O)OC[C@@H](COC(=O)CC/C=C\C/C=C\C/C=C\C/C=C\C/C=C\CCCCC)OC(=O)CCCCCCCCCCCCCCC. The number of aliphatic hydroxyl groups is 1. The number of aliphatic hydroxyl groups excluding tert-OH is 1. The first-order valence-corrected chi connectivity index (χ1v) is 44.7. The maximum absolute atomic E-state index is 13.1. The van der Waals surface area contributed by atoms with Crippen molar-refractivity contribution in [3.8, 4) is 0 Å². The molecule has 0 spiro atoms. The largest absolute Gasteiger partial charge is 0.472 e. The van der Waals surface area contributed by atoms with Crippen molar-refractivity contribution in [2.45, 2.75) is 316 Å². The number of hydrogen-bond acceptors (Lipinski definition) is 15. The van der Waals surface area contributed by atoms with E-state index in [1.54, 1.807) is 0 Å². The minimum atomic E-state index is -5.02. The summed E-state index contributed by atoms with van der Waals surface area (Å²) in [4.78, 5) is 73.1. The summed E-state index contributed by atoms with van der Waals surface area (Å²) < 4.78 is 68.5. The lowest BCUT2D eigenvalue weighted by Gasteiger charge is -2.21. The number of rotatable bonds is 76. The minimum Gasteiger partial charge on any atom is -0.462 e. The number of carbonyl (C=O) groups excluding carboxylic acids is 4. The number of hydrogen-bond donors (Lipinski definition) is 3. The van der Waals surface area contributed by atoms with Gasteiger partial charge in [-0.2, -0.15) is 0 Å². The van der Waals surface area contributed by atoms with Crippen LogP contribution in [0.1, 0.15) is 297 Å². The highest BCUT2D eigenvalue weighted by molar-refractivity contribution is 7.47. The van der Waals surface area contributed by atoms with Gasteiger partial charge in [-0.3, -0.25) is 37.3 Å². The molecule has 0 fully saturated rings. The van der Waals surface area contributed by atoms with E-state index in [1.165, 1.54) is 70.6 Å². The van der Waals surface area contributed by atoms with E-state index in [1.807, 2.05) is 30.4 Å². The third-order valence-electron chi connectivity index (χ3n) is 16.6. The maximum Gasteiger partial charge on any atom is 0.472 e. The Morgan fingerprint density at radius 1 is 0.264 bits per heavy atom. The first kappa shape index (κ1) is 104. The molecule has 622 valence electrons. The summed E-state index contributed by atoms with van der Waals surface area (Å²) in [5, 5.41) is 10.7. The molecule has 17 nitrogen and oxygen atoms in total. The predicted octanol–water partition coefficient (Wildman–Crippen LogP) is 24.9. The van der Waals surface area contributed by atoms with Gasteiger partial charge in [0.05, 0.1) is 26.4 Å². The molecule has 2 unspecified atom stereocenters. The first-order valence-electron chi connectivity index (χ1n) is 41.7. The standard InChI is InChI=1S/C91H146O17P2/c1-5-9-13-17-21-25-29-33-36-39-42-45-48-52-55-59-63-67-71-75-88(93)101-81-86(107-90(95)77-73-69-65-61-57-51-32-28-24-20-16-12-8-4)83-105-109(97,98)103-79-85(92)80-104-110(99,100)106-84-87(108-91(96)78-74-70-66-62-58-54-50-47-44-41-38-35-31-27-23-19-15-11-7-3)82-102-89(94)76-72-68-64-60-56-53-49-46-43-40-37-34-30-26-22-18-14-10-6-2/h10-11,14-15,21-23,25-27,33-38,42-47,52-56,58,63,66-67,70,85-87,92H,5-9,12-13,16-20,24,28-32,39-41,48-51,57,59-62,64-65,68-69,71-84H2,1-4H3,(H,97,98)(H,99,100)/b14-10-,15-11-,25-21-,26-22-,27-23-,36-33-,37-34-,38-35-,45-42-,46-43-,47-44-,55-52-,56-53-,58-54-,67-63-,70-66-/t85-,86+,87+/m0/s1. The van der Waals surface area contributed by atoms with Crippen LogP contribution < -0.4 is 0 Å². The Kier molecular flexibility index (Phi) is 76.4. The Hall–Kier alpha value is -6.10. The van der Waals surface area contributed by atoms with Crippen LogP contribution >= 0.6 is 15.6 Å². The Bertz CT molecular complexity index is 2850. The van der Waals surface area contributed by atoms with Gasteiger partial charge in [-0.25, -0.2) is 9.13 Å². The second-order valence-electron chi connectivity index (χ2n) is 27.0. The zero-order chi connectivity index (χ0) is 80.3. The van der Waals surface area contributed by atoms with E-state index in [0.717, 1.165) is 135 Å². The van der Waals surface area contributed by atoms with Gasteiger partial charge in [0.25, 0.3) is 0 Å². The van der Waals surface area contributed by atoms with Crippen LogP contribution in [0.3, 0.4) is 0 Å². The van der Waals surface area contributed by atoms with Crippen molar-refractivity contribution in [1.29, 1.82) is 0 Å². The molecule has 3 N–H and O–H groups in total. The fraction of sp³-hybridized carbons (Fsp3) is 0.604. The molecule has 0 aromatic rings. The van der Waals surface area contributed by atoms with Gasteiger partial charge >= 0.3 is 39.5 Å². The van der Waals surface area contributed by atoms with Gasteiger partial charge in [-0.1, -0.05) is 318 Å². The van der Waals surface area contributed by atoms with Crippen molar-refractivity contribution in [3.05, 3.63) is 194 Å². The normalized spacial score (nSPS) is 14.8. The van der Waals surface area contributed by atoms with E-state index >= 15 is 0 Å². The number of phosphoric ester groups is 2. The Morgan fingerprint density at radius 2 is 0.491 bits per heavy atom. The number of esters is 4. The van der Waals surface area contributed by atoms with Crippen molar-refractivity contribution >= 4 is 39.5 Å². The van der Waals surface area contributed by atoms with Gasteiger partial charge in [-0.15, -0.1) is 0 Å². The van der Waals surface area contributed by atoms with E-state index < -0.39 is 97.5 Å². The molecule has 0 aliphatic rings. The molecular formula is C91H146O17P2. The molecule has 19 heteroatoms. The zero-order valence-electron chi connectivity index (χ0n) is 68.1. The quantitative estimate of drug-likeness (QED) is 0.0169. The van der Waals surface area contributed by atoms with Crippen molar-refractivity contribution < 1.29 is 80.2 Å². The summed E-state index contributed by atoms with van der Waals surface area (Å²) in [5.41, 5.74) is 0. The van der Waals surface area contributed by atoms with E-state index in [9.17, 15) is 43.2 Å². The molecule has 0 aromatic carbocycles. The van der Waals surface area contributed by atoms with E-state index in [-0.39, 0.29) is 25.7 Å². The van der Waals surface area contributed by atoms with Crippen molar-refractivity contribution in [3.63, 3.8) is 0 Å². The minimum absolute atomic E-state index is 0.0312. The molecular weight excluding hydrogens is 1430 g/mol. The van der Waals surface area contributed by atoms with Crippen LogP contribution in [-0.2, 0) is 65.4 Å². The third-order valence-corrected chi connectivity index (χ3v) is 18.5. The van der Waals surface area contributed by atoms with Crippen LogP contribution in [-0.4, -0.2) is 96.7 Å². The van der Waals surface area contributed by atoms with Gasteiger partial charge in [0, 0.05) is 25.7 Å². The molecule has 0 radical (unpaired) electrons. The van der Waals surface area contributed by atoms with Crippen molar-refractivity contribution in [2.75, 3.05) is 39.6 Å². The van der Waals surface area contributed by atoms with Crippen LogP contribution in [0.2, 0.25) is 0 Å². The first-order chi connectivity index (χ1) is 53.7. The summed E-state index contributed by atoms with van der Waals surface area (Å²) in [7, 11) is -10.0. The molecule has 0 rings (SSSR count). The van der Waals surface area contributed by atoms with Crippen LogP contribution in [0.15, 0.2) is 194 Å². The van der Waals surface area contributed by atoms with E-state index in [2.05, 4.69) is 192 Å². The fourth-order valence-electron chi connectivity index (χ4n) is 10.3. The molecule has 0 aromatic heterocycles. The second kappa shape index (κ2) is 80.9. The van der Waals surface area contributed by atoms with Gasteiger partial charge in [0.1, 0.15) is 19.3 Å². The Labute approximate surface area is 666 Å². The average molecular weight is 1570 g/mol. The average Bonchev–Trinajstić information content (AvgIpc) is 0.910. The molecule has 0 bridgehead atoms. The number of phosphoric acid groups is 2. The summed E-state index contributed by atoms with van der Waals surface area (Å²) in [6, 6.07) is 0. The summed E-state index contributed by atoms with van der Waals surface area (Å²) >= 11 is 0. The van der Waals surface area contributed by atoms with E-state index in [0.29, 0.717) is 38.5 Å². The van der Waals surface area contributed by atoms with Crippen molar-refractivity contribution in [2.24, 2.45) is 0 Å². The molecule has 5 atom stereocenters. The number of allylic oxidation sites excluding steroid dienone is 32. The number of carbonyl (C=O) groups is 4. The van der Waals surface area contributed by atoms with Crippen LogP contribution in [0, 0.1) is 0 Å². The monoisotopic (exact) mass is 1570 g/mol. The van der Waals surface area contributed by atoms with Crippen LogP contribution in [0.4, 0.5) is 0 Å². The Balaban J connectivity index is 5.54. The second-order valence-corrected chi connectivity index (χ2v) is 29.9. The van der Waals surface area contributed by atoms with Crippen molar-refractivity contribution in [1.82, 2.24) is 0 Å². The highest BCUT2D eigenvalue weighted by Gasteiger charge is 2.30. The topological polar surface area (TPSA) is 237 Å². The number of ether oxygens (including phenoxy) is 4. The van der Waals surface area contributed by atoms with Crippen LogP contribution in [0.25, 0.3) is 0 Å². The zero-order valence-corrected chi connectivity index (χ0v) is 69.9. The highest BCUT2D eigenvalue weighted by atomic mass is 31.2. The number of unbranched alkanes of at least 4 members (excludes halogenated alkanes) is 18. The summed E-state index contributed by atoms with van der Waals surface area (Å²) in [6.45, 7) is 4.40. The molecule has 110 heavy (non-hydrogen) atoms. The lowest BCUT2D eigenvalue weighted by Crippen LogP contribution is -2.30. The lowest BCUT2D eigenvalue weighted by atomic mass is 10.0. The maximum atomic E-state index is 13.1. The smallest absolute Gasteiger partial charge is 0.462 e. The van der Waals surface area contributed by atoms with Gasteiger partial charge in [0.2, 0.25) is 0 Å². The van der Waals surface area contributed by atoms with Gasteiger partial charge in [0.15, 0.2) is 12.2 Å².